The number of anilines is 1. The van der Waals surface area contributed by atoms with Gasteiger partial charge in [0.1, 0.15) is 0 Å². The van der Waals surface area contributed by atoms with Crippen molar-refractivity contribution in [2.75, 3.05) is 44.3 Å². The van der Waals surface area contributed by atoms with Gasteiger partial charge in [0, 0.05) is 44.4 Å². The molecule has 0 aromatic carbocycles. The zero-order chi connectivity index (χ0) is 17.1. The quantitative estimate of drug-likeness (QED) is 0.894. The van der Waals surface area contributed by atoms with E-state index in [1.807, 2.05) is 18.3 Å². The third-order valence-corrected chi connectivity index (χ3v) is 4.86. The van der Waals surface area contributed by atoms with Crippen LogP contribution in [0.3, 0.4) is 0 Å². The van der Waals surface area contributed by atoms with Crippen LogP contribution in [0.1, 0.15) is 23.7 Å². The van der Waals surface area contributed by atoms with Gasteiger partial charge in [0.15, 0.2) is 0 Å². The number of likely N-dealkylation sites (tertiary alicyclic amines) is 1. The number of hydrogen-bond donors (Lipinski definition) is 1. The van der Waals surface area contributed by atoms with E-state index in [1.54, 1.807) is 6.07 Å². The van der Waals surface area contributed by atoms with Crippen molar-refractivity contribution in [1.82, 2.24) is 19.9 Å². The van der Waals surface area contributed by atoms with Crippen LogP contribution in [0.4, 0.5) is 5.95 Å². The van der Waals surface area contributed by atoms with Gasteiger partial charge in [-0.3, -0.25) is 19.7 Å². The van der Waals surface area contributed by atoms with Crippen LogP contribution < -0.4 is 10.5 Å². The van der Waals surface area contributed by atoms with Gasteiger partial charge in [0.25, 0.3) is 5.56 Å². The third-order valence-electron chi connectivity index (χ3n) is 4.86. The monoisotopic (exact) mass is 341 g/mol. The van der Waals surface area contributed by atoms with Crippen molar-refractivity contribution in [3.8, 4) is 0 Å². The molecule has 7 heteroatoms. The maximum Gasteiger partial charge on any atom is 0.252 e. The van der Waals surface area contributed by atoms with Crippen LogP contribution in [-0.2, 0) is 11.3 Å². The lowest BCUT2D eigenvalue weighted by atomic mass is 10.1. The SMILES string of the molecule is O=c1cc(C2CCN(Cc3ccccn3)C2)nc(N2CCOCC2)[nH]1. The Balaban J connectivity index is 1.46. The van der Waals surface area contributed by atoms with E-state index in [-0.39, 0.29) is 5.56 Å². The van der Waals surface area contributed by atoms with Crippen molar-refractivity contribution >= 4 is 5.95 Å². The number of nitrogens with zero attached hydrogens (tertiary/aromatic N) is 4. The molecular formula is C18H23N5O2. The summed E-state index contributed by atoms with van der Waals surface area (Å²) in [5.74, 6) is 0.972. The lowest BCUT2D eigenvalue weighted by molar-refractivity contribution is 0.122. The number of nitrogens with one attached hydrogen (secondary N) is 1. The first-order valence-electron chi connectivity index (χ1n) is 8.84. The number of aromatic amines is 1. The summed E-state index contributed by atoms with van der Waals surface area (Å²) in [7, 11) is 0. The lowest BCUT2D eigenvalue weighted by Crippen LogP contribution is -2.38. The average Bonchev–Trinajstić information content (AvgIpc) is 3.11. The summed E-state index contributed by atoms with van der Waals surface area (Å²) in [5, 5.41) is 0. The highest BCUT2D eigenvalue weighted by molar-refractivity contribution is 5.32. The molecule has 7 nitrogen and oxygen atoms in total. The molecular weight excluding hydrogens is 318 g/mol. The Morgan fingerprint density at radius 1 is 1.24 bits per heavy atom. The summed E-state index contributed by atoms with van der Waals surface area (Å²) in [5.41, 5.74) is 1.90. The van der Waals surface area contributed by atoms with Crippen LogP contribution in [0.15, 0.2) is 35.3 Å². The van der Waals surface area contributed by atoms with Gasteiger partial charge in [-0.05, 0) is 25.1 Å². The van der Waals surface area contributed by atoms with Crippen LogP contribution in [-0.4, -0.2) is 59.2 Å². The summed E-state index contributed by atoms with van der Waals surface area (Å²) >= 11 is 0. The molecule has 4 rings (SSSR count). The van der Waals surface area contributed by atoms with E-state index in [4.69, 9.17) is 9.72 Å². The van der Waals surface area contributed by atoms with Gasteiger partial charge >= 0.3 is 0 Å². The number of pyridine rings is 1. The highest BCUT2D eigenvalue weighted by atomic mass is 16.5. The van der Waals surface area contributed by atoms with Crippen LogP contribution in [0.25, 0.3) is 0 Å². The fourth-order valence-corrected chi connectivity index (χ4v) is 3.54. The van der Waals surface area contributed by atoms with Gasteiger partial charge in [-0.2, -0.15) is 0 Å². The summed E-state index contributed by atoms with van der Waals surface area (Å²) in [6, 6.07) is 7.65. The number of hydrogen-bond acceptors (Lipinski definition) is 6. The van der Waals surface area contributed by atoms with Crippen molar-refractivity contribution in [3.05, 3.63) is 52.2 Å². The van der Waals surface area contributed by atoms with E-state index in [0.717, 1.165) is 50.5 Å². The molecule has 2 fully saturated rings. The van der Waals surface area contributed by atoms with Crippen LogP contribution in [0.2, 0.25) is 0 Å². The molecule has 0 aliphatic carbocycles. The van der Waals surface area contributed by atoms with E-state index in [2.05, 4.69) is 25.8 Å². The highest BCUT2D eigenvalue weighted by Gasteiger charge is 2.26. The molecule has 0 bridgehead atoms. The summed E-state index contributed by atoms with van der Waals surface area (Å²) in [6.45, 7) is 5.64. The Kier molecular flexibility index (Phi) is 4.76. The summed E-state index contributed by atoms with van der Waals surface area (Å²) in [4.78, 5) is 28.6. The van der Waals surface area contributed by atoms with Gasteiger partial charge in [-0.1, -0.05) is 6.07 Å². The topological polar surface area (TPSA) is 74.3 Å². The van der Waals surface area contributed by atoms with Gasteiger partial charge in [-0.15, -0.1) is 0 Å². The van der Waals surface area contributed by atoms with Crippen molar-refractivity contribution in [1.29, 1.82) is 0 Å². The molecule has 0 amide bonds. The molecule has 2 aromatic rings. The molecule has 2 saturated heterocycles. The van der Waals surface area contributed by atoms with Crippen LogP contribution in [0.5, 0.6) is 0 Å². The zero-order valence-corrected chi connectivity index (χ0v) is 14.2. The number of rotatable bonds is 4. The molecule has 0 saturated carbocycles. The van der Waals surface area contributed by atoms with E-state index in [1.165, 1.54) is 0 Å². The first-order chi connectivity index (χ1) is 12.3. The Hall–Kier alpha value is -2.25. The number of morpholine rings is 1. The normalized spacial score (nSPS) is 21.6. The van der Waals surface area contributed by atoms with Crippen molar-refractivity contribution in [2.24, 2.45) is 0 Å². The molecule has 1 atom stereocenters. The lowest BCUT2D eigenvalue weighted by Gasteiger charge is -2.27. The Labute approximate surface area is 146 Å². The Morgan fingerprint density at radius 3 is 2.92 bits per heavy atom. The summed E-state index contributed by atoms with van der Waals surface area (Å²) < 4.78 is 5.38. The third kappa shape index (κ3) is 3.88. The Bertz CT molecular complexity index is 758. The molecule has 132 valence electrons. The predicted molar refractivity (Wildman–Crippen MR) is 94.8 cm³/mol. The molecule has 2 aromatic heterocycles. The number of aromatic nitrogens is 3. The van der Waals surface area contributed by atoms with Crippen molar-refractivity contribution < 1.29 is 4.74 Å². The van der Waals surface area contributed by atoms with E-state index < -0.39 is 0 Å². The zero-order valence-electron chi connectivity index (χ0n) is 14.2. The van der Waals surface area contributed by atoms with Crippen LogP contribution >= 0.6 is 0 Å². The fraction of sp³-hybridized carbons (Fsp3) is 0.500. The first kappa shape index (κ1) is 16.2. The fourth-order valence-electron chi connectivity index (χ4n) is 3.54. The van der Waals surface area contributed by atoms with Crippen molar-refractivity contribution in [3.63, 3.8) is 0 Å². The molecule has 2 aliphatic heterocycles. The maximum absolute atomic E-state index is 12.1. The van der Waals surface area contributed by atoms with Crippen LogP contribution in [0, 0.1) is 0 Å². The second-order valence-electron chi connectivity index (χ2n) is 6.64. The maximum atomic E-state index is 12.1. The van der Waals surface area contributed by atoms with E-state index >= 15 is 0 Å². The van der Waals surface area contributed by atoms with Crippen molar-refractivity contribution in [2.45, 2.75) is 18.9 Å². The largest absolute Gasteiger partial charge is 0.378 e. The number of ether oxygens (including phenoxy) is 1. The number of H-pyrrole nitrogens is 1. The molecule has 25 heavy (non-hydrogen) atoms. The molecule has 4 heterocycles. The van der Waals surface area contributed by atoms with Gasteiger partial charge in [0.05, 0.1) is 24.6 Å². The van der Waals surface area contributed by atoms with E-state index in [0.29, 0.717) is 25.1 Å². The molecule has 0 radical (unpaired) electrons. The van der Waals surface area contributed by atoms with Gasteiger partial charge < -0.3 is 9.64 Å². The molecule has 1 unspecified atom stereocenters. The predicted octanol–water partition coefficient (Wildman–Crippen LogP) is 0.991. The average molecular weight is 341 g/mol. The Morgan fingerprint density at radius 2 is 2.12 bits per heavy atom. The first-order valence-corrected chi connectivity index (χ1v) is 8.84. The highest BCUT2D eigenvalue weighted by Crippen LogP contribution is 2.27. The van der Waals surface area contributed by atoms with Gasteiger partial charge in [-0.25, -0.2) is 4.98 Å². The minimum absolute atomic E-state index is 0.0744. The molecule has 2 aliphatic rings. The standard InChI is InChI=1S/C18H23N5O2/c24-17-11-16(20-18(21-17)23-7-9-25-10-8-23)14-4-6-22(12-14)13-15-3-1-2-5-19-15/h1-3,5,11,14H,4,6-10,12-13H2,(H,20,21,24). The second kappa shape index (κ2) is 7.33. The minimum atomic E-state index is -0.0744. The summed E-state index contributed by atoms with van der Waals surface area (Å²) in [6.07, 6.45) is 2.85. The second-order valence-corrected chi connectivity index (χ2v) is 6.64. The molecule has 1 N–H and O–H groups in total. The van der Waals surface area contributed by atoms with E-state index in [9.17, 15) is 4.79 Å². The molecule has 0 spiro atoms. The minimum Gasteiger partial charge on any atom is -0.378 e. The van der Waals surface area contributed by atoms with Gasteiger partial charge in [0.2, 0.25) is 5.95 Å². The smallest absolute Gasteiger partial charge is 0.252 e.